The van der Waals surface area contributed by atoms with Crippen LogP contribution >= 0.6 is 0 Å². The highest BCUT2D eigenvalue weighted by molar-refractivity contribution is 6.45. The highest BCUT2D eigenvalue weighted by Gasteiger charge is 2.42. The molecule has 2 aliphatic rings. The summed E-state index contributed by atoms with van der Waals surface area (Å²) < 4.78 is 29.7. The van der Waals surface area contributed by atoms with Gasteiger partial charge >= 0.3 is 0 Å². The summed E-state index contributed by atoms with van der Waals surface area (Å²) in [7, 11) is 0. The highest BCUT2D eigenvalue weighted by atomic mass is 16.5. The summed E-state index contributed by atoms with van der Waals surface area (Å²) in [6.45, 7) is 28.2. The van der Waals surface area contributed by atoms with Gasteiger partial charge in [-0.3, -0.25) is 48.2 Å². The SMILES string of the molecule is CC(C)(C)c1ccc(Oc2cc3c4c(cc(Oc5ccc(C(C)(C)C)cc5)c5c6c(Oc7ccc(C(C)(C)C)cc7)cc7c8c(cc(Oc9ccc(C(C)(C)C)cc9)c(c2c45)c86)C(=O)N(CCCCCCCCCCCCNC(=O)CCC(=O)NCC(c2ccccc2)c2ccccc2)C7=O)C(=O)N(CCCCCCCCCCCCNC(=O)CCC(=O)NCC(c2ccccc2)c2ccccc2)C3=O)cc1. The van der Waals surface area contributed by atoms with Gasteiger partial charge in [0.25, 0.3) is 23.6 Å². The zero-order valence-corrected chi connectivity index (χ0v) is 85.3. The van der Waals surface area contributed by atoms with Gasteiger partial charge in [0.15, 0.2) is 0 Å². The molecule has 142 heavy (non-hydrogen) atoms. The monoisotopic (exact) mass is 1910 g/mol. The standard InChI is InChI=1S/C124H142N6O12/c1-121(2,3)87-53-61-91(62-54-87)139-101-77-95-109-96(118(136)129(117(95)135)75-43-27-23-19-15-13-17-21-25-41-73-125-105(131)69-71-107(133)127-81-99(83-45-33-29-34-46-83)84-47-35-30-36-48-84)79-103(141-93-65-57-89(58-66-93)123(7,8)9)113-114-104(142-94-67-59-90(60-68-94)124(10,11)12)80-98-110-97(78-102(112(116(110)114)111(101)115(109)113)140-92-63-55-88(56-64-92)122(4,5)6)119(137)130(120(98)138)76-44-28-24-20-16-14-18-22-26-42-74-126-106(132)70-72-108(134)128-82-100(85-49-37-31-38-50-85)86-51-39-32-40-52-86/h29-40,45-68,77-80,99-100H,13-28,41-44,69-76,81-82H2,1-12H3,(H,125,131)(H,126,132)(H,127,133)(H,128,134). The van der Waals surface area contributed by atoms with Crippen molar-refractivity contribution in [3.63, 3.8) is 0 Å². The van der Waals surface area contributed by atoms with Crippen molar-refractivity contribution in [1.82, 2.24) is 31.1 Å². The van der Waals surface area contributed by atoms with Crippen LogP contribution in [0.5, 0.6) is 46.0 Å². The lowest BCUT2D eigenvalue weighted by Gasteiger charge is -2.32. The number of nitrogens with zero attached hydrogens (tertiary/aromatic N) is 2. The Morgan fingerprint density at radius 1 is 0.246 bits per heavy atom. The van der Waals surface area contributed by atoms with Crippen molar-refractivity contribution in [3.05, 3.63) is 309 Å². The van der Waals surface area contributed by atoms with Crippen molar-refractivity contribution in [3.8, 4) is 46.0 Å². The van der Waals surface area contributed by atoms with Crippen LogP contribution in [-0.2, 0) is 40.8 Å². The van der Waals surface area contributed by atoms with E-state index < -0.39 is 23.6 Å². The molecule has 0 atom stereocenters. The van der Waals surface area contributed by atoms with Crippen LogP contribution in [0.15, 0.2) is 243 Å². The summed E-state index contributed by atoms with van der Waals surface area (Å²) in [6, 6.07) is 79.5. The molecule has 0 aromatic heterocycles. The Morgan fingerprint density at radius 3 is 0.669 bits per heavy atom. The number of nitrogens with one attached hydrogen (secondary N) is 4. The van der Waals surface area contributed by atoms with Gasteiger partial charge < -0.3 is 40.2 Å². The first-order valence-corrected chi connectivity index (χ1v) is 51.8. The molecular weight excluding hydrogens is 1770 g/mol. The molecule has 0 saturated heterocycles. The second-order valence-corrected chi connectivity index (χ2v) is 42.8. The van der Waals surface area contributed by atoms with Crippen LogP contribution in [-0.4, -0.2) is 96.3 Å². The number of hydrogen-bond donors (Lipinski definition) is 4. The molecule has 15 rings (SSSR count). The van der Waals surface area contributed by atoms with E-state index >= 15 is 19.2 Å². The zero-order valence-electron chi connectivity index (χ0n) is 85.3. The summed E-state index contributed by atoms with van der Waals surface area (Å²) >= 11 is 0. The Kier molecular flexibility index (Phi) is 34.0. The molecule has 8 amide bonds. The van der Waals surface area contributed by atoms with Gasteiger partial charge in [0.1, 0.15) is 46.0 Å². The predicted molar refractivity (Wildman–Crippen MR) is 572 cm³/mol. The number of imide groups is 2. The molecule has 13 aromatic rings. The Morgan fingerprint density at radius 2 is 0.451 bits per heavy atom. The number of benzene rings is 13. The maximum Gasteiger partial charge on any atom is 0.261 e. The maximum absolute atomic E-state index is 16.2. The van der Waals surface area contributed by atoms with Crippen molar-refractivity contribution >= 4 is 90.3 Å². The fourth-order valence-electron chi connectivity index (χ4n) is 19.8. The summed E-state index contributed by atoms with van der Waals surface area (Å²) in [5.74, 6) is 0.490. The lowest BCUT2D eigenvalue weighted by Crippen LogP contribution is -2.41. The first kappa shape index (κ1) is 103. The van der Waals surface area contributed by atoms with Crippen LogP contribution in [0, 0.1) is 0 Å². The third-order valence-corrected chi connectivity index (χ3v) is 28.1. The minimum Gasteiger partial charge on any atom is -0.457 e. The smallest absolute Gasteiger partial charge is 0.261 e. The minimum absolute atomic E-state index is 0.00327. The molecule has 18 nitrogen and oxygen atoms in total. The first-order chi connectivity index (χ1) is 68.3. The van der Waals surface area contributed by atoms with E-state index in [1.165, 1.54) is 9.80 Å². The molecule has 4 N–H and O–H groups in total. The van der Waals surface area contributed by atoms with Gasteiger partial charge in [-0.2, -0.15) is 0 Å². The average molecular weight is 1910 g/mol. The Balaban J connectivity index is 0.671. The van der Waals surface area contributed by atoms with Gasteiger partial charge in [0.05, 0.1) is 22.3 Å². The molecule has 2 heterocycles. The van der Waals surface area contributed by atoms with Crippen molar-refractivity contribution in [1.29, 1.82) is 0 Å². The van der Waals surface area contributed by atoms with Crippen LogP contribution in [0.25, 0.3) is 43.1 Å². The Labute approximate surface area is 838 Å². The summed E-state index contributed by atoms with van der Waals surface area (Å²) in [6.07, 6.45) is 19.1. The van der Waals surface area contributed by atoms with E-state index in [1.54, 1.807) is 24.3 Å². The average Bonchev–Trinajstić information content (AvgIpc) is 0.669. The summed E-state index contributed by atoms with van der Waals surface area (Å²) in [4.78, 5) is 119. The lowest BCUT2D eigenvalue weighted by molar-refractivity contribution is -0.126. The van der Waals surface area contributed by atoms with Crippen molar-refractivity contribution in [2.45, 2.75) is 271 Å². The molecule has 740 valence electrons. The molecule has 13 aromatic carbocycles. The van der Waals surface area contributed by atoms with Crippen molar-refractivity contribution in [2.24, 2.45) is 0 Å². The fraction of sp³-hybridized carbons (Fsp3) is 0.387. The van der Waals surface area contributed by atoms with Gasteiger partial charge in [0, 0.05) is 120 Å². The van der Waals surface area contributed by atoms with Gasteiger partial charge in [-0.25, -0.2) is 0 Å². The number of unbranched alkanes of at least 4 members (excludes halogenated alkanes) is 18. The molecule has 0 aliphatic carbocycles. The number of amides is 8. The van der Waals surface area contributed by atoms with Crippen LogP contribution in [0.1, 0.15) is 335 Å². The van der Waals surface area contributed by atoms with E-state index in [4.69, 9.17) is 18.9 Å². The van der Waals surface area contributed by atoms with E-state index in [-0.39, 0.29) is 141 Å². The largest absolute Gasteiger partial charge is 0.457 e. The van der Waals surface area contributed by atoms with E-state index in [0.717, 1.165) is 160 Å². The minimum atomic E-state index is -0.476. The zero-order chi connectivity index (χ0) is 100. The van der Waals surface area contributed by atoms with Gasteiger partial charge in [-0.1, -0.05) is 356 Å². The third kappa shape index (κ3) is 25.7. The summed E-state index contributed by atoms with van der Waals surface area (Å²) in [5.41, 5.74) is 8.93. The second-order valence-electron chi connectivity index (χ2n) is 42.8. The fourth-order valence-corrected chi connectivity index (χ4v) is 19.8. The van der Waals surface area contributed by atoms with Gasteiger partial charge in [0.2, 0.25) is 23.6 Å². The number of hydrogen-bond acceptors (Lipinski definition) is 12. The lowest BCUT2D eigenvalue weighted by atomic mass is 9.80. The molecule has 18 heteroatoms. The molecule has 0 unspecified atom stereocenters. The molecule has 0 radical (unpaired) electrons. The number of rotatable bonds is 48. The molecule has 0 saturated carbocycles. The number of fused-ring (bicyclic) bond motifs is 2. The maximum atomic E-state index is 16.2. The topological polar surface area (TPSA) is 228 Å². The van der Waals surface area contributed by atoms with Gasteiger partial charge in [-0.15, -0.1) is 0 Å². The van der Waals surface area contributed by atoms with Crippen molar-refractivity contribution < 1.29 is 57.3 Å². The number of carbonyl (C=O) groups excluding carboxylic acids is 8. The van der Waals surface area contributed by atoms with Crippen LogP contribution < -0.4 is 40.2 Å². The van der Waals surface area contributed by atoms with Crippen LogP contribution in [0.2, 0.25) is 0 Å². The number of ether oxygens (including phenoxy) is 4. The predicted octanol–water partition coefficient (Wildman–Crippen LogP) is 28.8. The molecule has 0 spiro atoms. The Hall–Kier alpha value is -13.5. The Bertz CT molecular complexity index is 5830. The van der Waals surface area contributed by atoms with Crippen LogP contribution in [0.4, 0.5) is 0 Å². The number of carbonyl (C=O) groups is 8. The first-order valence-electron chi connectivity index (χ1n) is 51.8. The molecule has 0 bridgehead atoms. The van der Waals surface area contributed by atoms with Crippen molar-refractivity contribution in [2.75, 3.05) is 39.3 Å². The quantitative estimate of drug-likeness (QED) is 0.0121. The van der Waals surface area contributed by atoms with Gasteiger partial charge in [-0.05, 0) is 165 Å². The molecule has 2 aliphatic heterocycles. The van der Waals surface area contributed by atoms with E-state index in [0.29, 0.717) is 105 Å². The van der Waals surface area contributed by atoms with Crippen LogP contribution in [0.3, 0.4) is 0 Å². The van der Waals surface area contributed by atoms with E-state index in [1.807, 2.05) is 170 Å². The van der Waals surface area contributed by atoms with E-state index in [2.05, 4.69) is 153 Å². The summed E-state index contributed by atoms with van der Waals surface area (Å²) in [5, 5.41) is 15.7. The third-order valence-electron chi connectivity index (χ3n) is 28.1. The van der Waals surface area contributed by atoms with E-state index in [9.17, 15) is 19.2 Å². The highest BCUT2D eigenvalue weighted by Crippen LogP contribution is 2.59. The normalized spacial score (nSPS) is 12.9. The molecule has 0 fully saturated rings. The second kappa shape index (κ2) is 46.9. The molecular formula is C124H142N6O12.